The number of rotatable bonds is 4. The van der Waals surface area contributed by atoms with Crippen LogP contribution < -0.4 is 10.6 Å². The third-order valence-corrected chi connectivity index (χ3v) is 10.4. The molecule has 0 aliphatic heterocycles. The van der Waals surface area contributed by atoms with Crippen molar-refractivity contribution in [3.8, 4) is 0 Å². The Labute approximate surface area is 141 Å². The van der Waals surface area contributed by atoms with E-state index in [1.165, 1.54) is 0 Å². The average Bonchev–Trinajstić information content (AvgIpc) is 2.57. The Balaban J connectivity index is 2.19. The Morgan fingerprint density at radius 1 is 0.545 bits per heavy atom. The van der Waals surface area contributed by atoms with Crippen molar-refractivity contribution in [2.24, 2.45) is 0 Å². The van der Waals surface area contributed by atoms with Gasteiger partial charge in [0.2, 0.25) is 0 Å². The van der Waals surface area contributed by atoms with Crippen LogP contribution in [0.15, 0.2) is 91.0 Å². The summed E-state index contributed by atoms with van der Waals surface area (Å²) < 4.78 is 0. The molecule has 3 aromatic carbocycles. The normalized spacial score (nSPS) is 13.3. The van der Waals surface area contributed by atoms with E-state index in [-0.39, 0.29) is 0 Å². The predicted octanol–water partition coefficient (Wildman–Crippen LogP) is 5.70. The third kappa shape index (κ3) is 2.92. The summed E-state index contributed by atoms with van der Waals surface area (Å²) in [4.78, 5) is 0. The first-order valence-corrected chi connectivity index (χ1v) is 11.4. The van der Waals surface area contributed by atoms with Gasteiger partial charge in [-0.25, -0.2) is 0 Å². The van der Waals surface area contributed by atoms with Gasteiger partial charge in [-0.1, -0.05) is 0 Å². The molecule has 112 valence electrons. The Hall–Kier alpha value is -1.33. The topological polar surface area (TPSA) is 0 Å². The Bertz CT molecular complexity index is 697. The molecule has 0 aliphatic carbocycles. The van der Waals surface area contributed by atoms with Gasteiger partial charge in [0, 0.05) is 0 Å². The zero-order valence-electron chi connectivity index (χ0n) is 12.1. The van der Waals surface area contributed by atoms with Gasteiger partial charge in [-0.2, -0.15) is 0 Å². The zero-order chi connectivity index (χ0) is 15.5. The molecule has 0 bridgehead atoms. The molecular formula is C19H17Cl2P. The molecule has 0 saturated carbocycles. The number of benzene rings is 3. The van der Waals surface area contributed by atoms with E-state index in [1.54, 1.807) is 0 Å². The van der Waals surface area contributed by atoms with Crippen LogP contribution in [0.4, 0.5) is 0 Å². The summed E-state index contributed by atoms with van der Waals surface area (Å²) in [6.07, 6.45) is 0.629. The molecule has 0 heterocycles. The molecule has 3 rings (SSSR count). The average molecular weight is 347 g/mol. The van der Waals surface area contributed by atoms with Gasteiger partial charge in [0.1, 0.15) is 0 Å². The molecule has 0 N–H and O–H groups in total. The van der Waals surface area contributed by atoms with Crippen LogP contribution in [0.25, 0.3) is 0 Å². The van der Waals surface area contributed by atoms with Crippen molar-refractivity contribution < 1.29 is 0 Å². The molecule has 3 heteroatoms. The molecule has 0 nitrogen and oxygen atoms in total. The van der Waals surface area contributed by atoms with Crippen LogP contribution in [-0.4, -0.2) is 0 Å². The molecule has 3 aromatic rings. The van der Waals surface area contributed by atoms with Gasteiger partial charge < -0.3 is 0 Å². The first kappa shape index (κ1) is 15.6. The minimum atomic E-state index is -3.29. The molecule has 0 spiro atoms. The Kier molecular flexibility index (Phi) is 4.28. The molecule has 0 fully saturated rings. The molecule has 0 saturated heterocycles. The number of hydrogen-bond donors (Lipinski definition) is 0. The maximum atomic E-state index is 7.28. The molecule has 0 atom stereocenters. The fourth-order valence-electron chi connectivity index (χ4n) is 2.68. The maximum absolute atomic E-state index is 7.28. The van der Waals surface area contributed by atoms with E-state index >= 15 is 0 Å². The summed E-state index contributed by atoms with van der Waals surface area (Å²) in [7, 11) is 0. The quantitative estimate of drug-likeness (QED) is 0.531. The summed E-state index contributed by atoms with van der Waals surface area (Å²) in [6, 6.07) is 30.3. The van der Waals surface area contributed by atoms with Gasteiger partial charge in [0.15, 0.2) is 0 Å². The first-order chi connectivity index (χ1) is 10.6. The van der Waals surface area contributed by atoms with Crippen LogP contribution in [0.1, 0.15) is 5.56 Å². The monoisotopic (exact) mass is 346 g/mol. The first-order valence-electron chi connectivity index (χ1n) is 7.19. The number of hydrogen-bond acceptors (Lipinski definition) is 0. The van der Waals surface area contributed by atoms with Crippen molar-refractivity contribution in [3.63, 3.8) is 0 Å². The predicted molar refractivity (Wildman–Crippen MR) is 101 cm³/mol. The summed E-state index contributed by atoms with van der Waals surface area (Å²) in [5, 5.41) is -1.28. The van der Waals surface area contributed by atoms with Gasteiger partial charge in [-0.3, -0.25) is 0 Å². The Morgan fingerprint density at radius 3 is 1.32 bits per heavy atom. The van der Waals surface area contributed by atoms with Gasteiger partial charge in [-0.15, -0.1) is 0 Å². The van der Waals surface area contributed by atoms with E-state index in [9.17, 15) is 0 Å². The van der Waals surface area contributed by atoms with Crippen LogP contribution in [-0.2, 0) is 6.16 Å². The molecule has 0 aliphatic rings. The van der Waals surface area contributed by atoms with Crippen molar-refractivity contribution in [2.75, 3.05) is 0 Å². The third-order valence-electron chi connectivity index (χ3n) is 3.83. The standard InChI is InChI=1S/C19H17Cl2P/c20-22(21,18-12-6-2-7-13-18,19-14-8-3-9-15-19)16-17-10-4-1-5-11-17/h1-15H,16H2. The van der Waals surface area contributed by atoms with Crippen molar-refractivity contribution in [2.45, 2.75) is 6.16 Å². The summed E-state index contributed by atoms with van der Waals surface area (Å²) >= 11 is 14.6. The SMILES string of the molecule is ClP(Cl)(Cc1ccccc1)(c1ccccc1)c1ccccc1. The van der Waals surface area contributed by atoms with E-state index in [2.05, 4.69) is 12.1 Å². The van der Waals surface area contributed by atoms with Crippen LogP contribution in [0.2, 0.25) is 0 Å². The molecule has 0 radical (unpaired) electrons. The van der Waals surface area contributed by atoms with E-state index in [1.807, 2.05) is 78.9 Å². The van der Waals surface area contributed by atoms with Gasteiger partial charge >= 0.3 is 141 Å². The molecule has 0 aromatic heterocycles. The summed E-state index contributed by atoms with van der Waals surface area (Å²) in [5.41, 5.74) is 1.15. The summed E-state index contributed by atoms with van der Waals surface area (Å²) in [5.74, 6) is 0. The van der Waals surface area contributed by atoms with Crippen LogP contribution in [0.3, 0.4) is 0 Å². The number of halogens is 2. The Morgan fingerprint density at radius 2 is 0.909 bits per heavy atom. The van der Waals surface area contributed by atoms with Crippen LogP contribution in [0.5, 0.6) is 0 Å². The van der Waals surface area contributed by atoms with Gasteiger partial charge in [0.05, 0.1) is 0 Å². The van der Waals surface area contributed by atoms with Crippen molar-refractivity contribution in [1.82, 2.24) is 0 Å². The van der Waals surface area contributed by atoms with Crippen molar-refractivity contribution in [1.29, 1.82) is 0 Å². The fraction of sp³-hybridized carbons (Fsp3) is 0.0526. The second-order valence-corrected chi connectivity index (χ2v) is 13.9. The minimum absolute atomic E-state index is 0.629. The van der Waals surface area contributed by atoms with E-state index < -0.39 is 5.31 Å². The second-order valence-electron chi connectivity index (χ2n) is 5.38. The van der Waals surface area contributed by atoms with E-state index in [4.69, 9.17) is 22.5 Å². The van der Waals surface area contributed by atoms with Gasteiger partial charge in [0.25, 0.3) is 0 Å². The fourth-order valence-corrected chi connectivity index (χ4v) is 7.89. The zero-order valence-corrected chi connectivity index (χ0v) is 14.5. The van der Waals surface area contributed by atoms with Gasteiger partial charge in [-0.05, 0) is 0 Å². The van der Waals surface area contributed by atoms with Crippen LogP contribution in [0, 0.1) is 0 Å². The van der Waals surface area contributed by atoms with E-state index in [0.717, 1.165) is 16.2 Å². The molecule has 0 unspecified atom stereocenters. The van der Waals surface area contributed by atoms with Crippen molar-refractivity contribution in [3.05, 3.63) is 96.6 Å². The molecule has 0 amide bonds. The molecule has 22 heavy (non-hydrogen) atoms. The van der Waals surface area contributed by atoms with Crippen molar-refractivity contribution >= 4 is 38.4 Å². The molecular weight excluding hydrogens is 330 g/mol. The van der Waals surface area contributed by atoms with Crippen LogP contribution >= 0.6 is 27.8 Å². The summed E-state index contributed by atoms with van der Waals surface area (Å²) in [6.45, 7) is 0. The van der Waals surface area contributed by atoms with E-state index in [0.29, 0.717) is 6.16 Å². The second kappa shape index (κ2) is 6.05.